The van der Waals surface area contributed by atoms with Gasteiger partial charge in [-0.3, -0.25) is 0 Å². The number of rotatable bonds is 2. The summed E-state index contributed by atoms with van der Waals surface area (Å²) in [6.07, 6.45) is 0. The predicted molar refractivity (Wildman–Crippen MR) is 109 cm³/mol. The van der Waals surface area contributed by atoms with Crippen molar-refractivity contribution in [2.24, 2.45) is 0 Å². The van der Waals surface area contributed by atoms with Crippen LogP contribution in [-0.4, -0.2) is 20.2 Å². The van der Waals surface area contributed by atoms with Crippen LogP contribution in [-0.2, 0) is 4.74 Å². The molecule has 3 rings (SSSR count). The third kappa shape index (κ3) is 5.04. The van der Waals surface area contributed by atoms with E-state index in [9.17, 15) is 4.79 Å². The van der Waals surface area contributed by atoms with Crippen molar-refractivity contribution >= 4 is 5.97 Å². The molecule has 0 saturated heterocycles. The SMILES string of the molecule is COC(=O)c1ccc(C#Cc2cccc(C#Cc3ccc(OC)cc3)c2)cc1. The predicted octanol–water partition coefficient (Wildman–Crippen LogP) is 4.28. The monoisotopic (exact) mass is 366 g/mol. The summed E-state index contributed by atoms with van der Waals surface area (Å²) in [5.41, 5.74) is 4.01. The second-order valence-electron chi connectivity index (χ2n) is 5.88. The summed E-state index contributed by atoms with van der Waals surface area (Å²) in [5, 5.41) is 0. The summed E-state index contributed by atoms with van der Waals surface area (Å²) < 4.78 is 9.84. The van der Waals surface area contributed by atoms with E-state index >= 15 is 0 Å². The highest BCUT2D eigenvalue weighted by atomic mass is 16.5. The first-order valence-corrected chi connectivity index (χ1v) is 8.64. The van der Waals surface area contributed by atoms with E-state index in [-0.39, 0.29) is 5.97 Å². The molecule has 0 spiro atoms. The van der Waals surface area contributed by atoms with Gasteiger partial charge in [-0.2, -0.15) is 0 Å². The maximum atomic E-state index is 11.5. The fraction of sp³-hybridized carbons (Fsp3) is 0.0800. The fourth-order valence-electron chi connectivity index (χ4n) is 2.45. The van der Waals surface area contributed by atoms with E-state index in [0.717, 1.165) is 28.0 Å². The minimum atomic E-state index is -0.359. The van der Waals surface area contributed by atoms with E-state index in [1.807, 2.05) is 48.5 Å². The van der Waals surface area contributed by atoms with Crippen molar-refractivity contribution in [1.29, 1.82) is 0 Å². The third-order valence-corrected chi connectivity index (χ3v) is 3.96. The Balaban J connectivity index is 1.74. The minimum Gasteiger partial charge on any atom is -0.497 e. The number of esters is 1. The number of carbonyl (C=O) groups excluding carboxylic acids is 1. The number of benzene rings is 3. The maximum absolute atomic E-state index is 11.5. The van der Waals surface area contributed by atoms with Gasteiger partial charge < -0.3 is 9.47 Å². The lowest BCUT2D eigenvalue weighted by Crippen LogP contribution is -2.00. The molecule has 3 nitrogen and oxygen atoms in total. The lowest BCUT2D eigenvalue weighted by atomic mass is 10.1. The molecule has 0 radical (unpaired) electrons. The van der Waals surface area contributed by atoms with E-state index in [4.69, 9.17) is 9.47 Å². The van der Waals surface area contributed by atoms with Gasteiger partial charge in [0.2, 0.25) is 0 Å². The summed E-state index contributed by atoms with van der Waals surface area (Å²) >= 11 is 0. The Morgan fingerprint density at radius 3 is 1.68 bits per heavy atom. The van der Waals surface area contributed by atoms with Crippen molar-refractivity contribution < 1.29 is 14.3 Å². The summed E-state index contributed by atoms with van der Waals surface area (Å²) in [4.78, 5) is 11.5. The highest BCUT2D eigenvalue weighted by Crippen LogP contribution is 2.11. The number of carbonyl (C=O) groups is 1. The molecule has 0 aromatic heterocycles. The zero-order valence-corrected chi connectivity index (χ0v) is 15.7. The van der Waals surface area contributed by atoms with Gasteiger partial charge >= 0.3 is 5.97 Å². The zero-order valence-electron chi connectivity index (χ0n) is 15.7. The van der Waals surface area contributed by atoms with Gasteiger partial charge in [-0.1, -0.05) is 29.7 Å². The number of hydrogen-bond donors (Lipinski definition) is 0. The van der Waals surface area contributed by atoms with Gasteiger partial charge in [0.05, 0.1) is 19.8 Å². The van der Waals surface area contributed by atoms with Crippen molar-refractivity contribution in [2.75, 3.05) is 14.2 Å². The molecule has 0 saturated carbocycles. The van der Waals surface area contributed by atoms with E-state index in [0.29, 0.717) is 5.56 Å². The zero-order chi connectivity index (χ0) is 19.8. The molecule has 136 valence electrons. The van der Waals surface area contributed by atoms with Crippen LogP contribution in [0.1, 0.15) is 32.6 Å². The van der Waals surface area contributed by atoms with E-state index in [1.54, 1.807) is 31.4 Å². The third-order valence-electron chi connectivity index (χ3n) is 3.96. The van der Waals surface area contributed by atoms with Crippen LogP contribution in [0.25, 0.3) is 0 Å². The van der Waals surface area contributed by atoms with Gasteiger partial charge in [-0.05, 0) is 66.7 Å². The molecule has 3 aromatic rings. The van der Waals surface area contributed by atoms with Crippen molar-refractivity contribution in [3.63, 3.8) is 0 Å². The molecule has 0 heterocycles. The molecule has 0 aliphatic heterocycles. The minimum absolute atomic E-state index is 0.359. The Morgan fingerprint density at radius 2 is 1.18 bits per heavy atom. The summed E-state index contributed by atoms with van der Waals surface area (Å²) in [6, 6.07) is 22.4. The fourth-order valence-corrected chi connectivity index (χ4v) is 2.45. The first-order valence-electron chi connectivity index (χ1n) is 8.64. The summed E-state index contributed by atoms with van der Waals surface area (Å²) in [5.74, 6) is 13.0. The van der Waals surface area contributed by atoms with Crippen molar-refractivity contribution in [1.82, 2.24) is 0 Å². The molecular formula is C25H18O3. The van der Waals surface area contributed by atoms with Crippen LogP contribution >= 0.6 is 0 Å². The lowest BCUT2D eigenvalue weighted by molar-refractivity contribution is 0.0600. The van der Waals surface area contributed by atoms with Crippen molar-refractivity contribution in [3.05, 3.63) is 101 Å². The van der Waals surface area contributed by atoms with Crippen LogP contribution in [0.15, 0.2) is 72.8 Å². The van der Waals surface area contributed by atoms with Crippen molar-refractivity contribution in [2.45, 2.75) is 0 Å². The van der Waals surface area contributed by atoms with Crippen LogP contribution in [0, 0.1) is 23.7 Å². The first kappa shape index (κ1) is 18.8. The number of ether oxygens (including phenoxy) is 2. The maximum Gasteiger partial charge on any atom is 0.337 e. The molecule has 28 heavy (non-hydrogen) atoms. The molecule has 0 aliphatic carbocycles. The lowest BCUT2D eigenvalue weighted by Gasteiger charge is -1.98. The standard InChI is InChI=1S/C25H18O3/c1-27-24-16-12-20(13-17-24)7-9-22-5-3-4-21(18-22)8-6-19-10-14-23(15-11-19)25(26)28-2/h3-5,10-18H,1-2H3. The summed E-state index contributed by atoms with van der Waals surface area (Å²) in [7, 11) is 3.00. The van der Waals surface area contributed by atoms with Gasteiger partial charge in [0.25, 0.3) is 0 Å². The van der Waals surface area contributed by atoms with Gasteiger partial charge in [-0.15, -0.1) is 0 Å². The highest BCUT2D eigenvalue weighted by Gasteiger charge is 2.03. The molecule has 0 amide bonds. The van der Waals surface area contributed by atoms with Crippen LogP contribution in [0.5, 0.6) is 5.75 Å². The Labute approximate surface area is 164 Å². The molecule has 3 aromatic carbocycles. The van der Waals surface area contributed by atoms with E-state index in [1.165, 1.54) is 7.11 Å². The normalized spacial score (nSPS) is 9.36. The molecule has 0 aliphatic rings. The van der Waals surface area contributed by atoms with Gasteiger partial charge in [0, 0.05) is 22.3 Å². The average Bonchev–Trinajstić information content (AvgIpc) is 2.76. The highest BCUT2D eigenvalue weighted by molar-refractivity contribution is 5.89. The smallest absolute Gasteiger partial charge is 0.337 e. The second-order valence-corrected chi connectivity index (χ2v) is 5.88. The van der Waals surface area contributed by atoms with E-state index in [2.05, 4.69) is 23.7 Å². The molecule has 0 bridgehead atoms. The molecular weight excluding hydrogens is 348 g/mol. The Kier molecular flexibility index (Phi) is 6.13. The topological polar surface area (TPSA) is 35.5 Å². The van der Waals surface area contributed by atoms with Crippen LogP contribution in [0.2, 0.25) is 0 Å². The largest absolute Gasteiger partial charge is 0.497 e. The average molecular weight is 366 g/mol. The van der Waals surface area contributed by atoms with Crippen LogP contribution < -0.4 is 4.74 Å². The quantitative estimate of drug-likeness (QED) is 0.502. The number of methoxy groups -OCH3 is 2. The van der Waals surface area contributed by atoms with Gasteiger partial charge in [0.1, 0.15) is 5.75 Å². The van der Waals surface area contributed by atoms with Gasteiger partial charge in [0.15, 0.2) is 0 Å². The molecule has 0 atom stereocenters. The molecule has 0 unspecified atom stereocenters. The van der Waals surface area contributed by atoms with Crippen molar-refractivity contribution in [3.8, 4) is 29.4 Å². The second kappa shape index (κ2) is 9.12. The molecule has 0 N–H and O–H groups in total. The van der Waals surface area contributed by atoms with Crippen LogP contribution in [0.3, 0.4) is 0 Å². The Morgan fingerprint density at radius 1 is 0.679 bits per heavy atom. The Bertz CT molecular complexity index is 1090. The van der Waals surface area contributed by atoms with Crippen LogP contribution in [0.4, 0.5) is 0 Å². The van der Waals surface area contributed by atoms with Gasteiger partial charge in [-0.25, -0.2) is 4.79 Å². The summed E-state index contributed by atoms with van der Waals surface area (Å²) in [6.45, 7) is 0. The Hall–Kier alpha value is -3.95. The first-order chi connectivity index (χ1) is 13.7. The van der Waals surface area contributed by atoms with E-state index < -0.39 is 0 Å². The number of hydrogen-bond acceptors (Lipinski definition) is 3. The molecule has 3 heteroatoms. The molecule has 0 fully saturated rings.